The van der Waals surface area contributed by atoms with Crippen molar-refractivity contribution in [3.05, 3.63) is 0 Å². The van der Waals surface area contributed by atoms with Crippen LogP contribution in [0.15, 0.2) is 0 Å². The number of aliphatic hydroxyl groups excluding tert-OH is 14. The summed E-state index contributed by atoms with van der Waals surface area (Å²) in [5.74, 6) is -5.99. The molecule has 0 amide bonds. The van der Waals surface area contributed by atoms with Crippen molar-refractivity contribution in [1.29, 1.82) is 0 Å². The molecule has 5 heterocycles. The van der Waals surface area contributed by atoms with Gasteiger partial charge in [-0.05, 0) is 6.42 Å². The van der Waals surface area contributed by atoms with Gasteiger partial charge < -0.3 is 135 Å². The molecule has 0 spiro atoms. The summed E-state index contributed by atoms with van der Waals surface area (Å²) < 4.78 is 58.1. The summed E-state index contributed by atoms with van der Waals surface area (Å²) in [5.41, 5.74) is 12.0. The molecule has 5 aliphatic heterocycles. The number of hydrogen-bond donors (Lipinski definition) is 17. The fourth-order valence-corrected chi connectivity index (χ4v) is 8.77. The van der Waals surface area contributed by atoms with Gasteiger partial charge in [0.25, 0.3) is 5.79 Å². The van der Waals surface area contributed by atoms with E-state index in [1.165, 1.54) is 6.92 Å². The quantitative estimate of drug-likeness (QED) is 0.0448. The molecular weight excluding hydrogens is 924 g/mol. The van der Waals surface area contributed by atoms with Crippen molar-refractivity contribution >= 4 is 5.97 Å². The standard InChI is InChI=1S/C40H72N2O26/c1-3-4-5-6-7-59-37-30(56)34(25(51)18(11-45)62-37)67-35-14(2)31(26(52)20(64-35)13-60-40(39(57)58)8-15(47)21(41)33(68-40)23(49)16(48)9-43)65-38-29(55)28(54)32(19(12-46)63-38)66-36-22(42)27(53)24(50)17(10-44)61-36/h14-38,43-56H,3-13,41-42H2,1-2H3,(H,57,58)/t14-,15+,16+,17?,18?,19?,20?,21+,22-,23+,24-,25-,26+,27?,28+,29?,30-,31+,32-,33?,34-,35?,36-,37?,38-,40+/m0/s1. The first kappa shape index (κ1) is 57.3. The molecule has 28 nitrogen and oxygen atoms in total. The van der Waals surface area contributed by atoms with Gasteiger partial charge >= 0.3 is 5.97 Å². The van der Waals surface area contributed by atoms with Crippen LogP contribution in [0.5, 0.6) is 0 Å². The minimum Gasteiger partial charge on any atom is -0.477 e. The predicted molar refractivity (Wildman–Crippen MR) is 219 cm³/mol. The highest BCUT2D eigenvalue weighted by Gasteiger charge is 2.58. The van der Waals surface area contributed by atoms with Crippen molar-refractivity contribution in [2.45, 2.75) is 199 Å². The number of nitrogens with two attached hydrogens (primary N) is 2. The monoisotopic (exact) mass is 996 g/mol. The number of aliphatic carboxylic acids is 1. The van der Waals surface area contributed by atoms with Gasteiger partial charge in [0.05, 0.1) is 57.3 Å². The molecule has 0 saturated carbocycles. The van der Waals surface area contributed by atoms with Gasteiger partial charge in [-0.1, -0.05) is 33.1 Å². The Balaban J connectivity index is 1.42. The van der Waals surface area contributed by atoms with E-state index in [0.29, 0.717) is 6.42 Å². The van der Waals surface area contributed by atoms with Crippen LogP contribution in [0, 0.1) is 5.92 Å². The molecule has 0 aromatic carbocycles. The maximum absolute atomic E-state index is 12.8. The molecule has 0 aromatic rings. The average Bonchev–Trinajstić information content (AvgIpc) is 3.32. The van der Waals surface area contributed by atoms with Gasteiger partial charge in [0, 0.05) is 18.9 Å². The number of carboxylic acids is 1. The summed E-state index contributed by atoms with van der Waals surface area (Å²) in [6.45, 7) is -0.949. The zero-order valence-corrected chi connectivity index (χ0v) is 37.6. The van der Waals surface area contributed by atoms with Gasteiger partial charge in [-0.3, -0.25) is 0 Å². The second-order valence-electron chi connectivity index (χ2n) is 17.9. The lowest BCUT2D eigenvalue weighted by Gasteiger charge is -2.50. The Hall–Kier alpha value is -1.57. The zero-order chi connectivity index (χ0) is 50.4. The van der Waals surface area contributed by atoms with Crippen LogP contribution in [0.3, 0.4) is 0 Å². The predicted octanol–water partition coefficient (Wildman–Crippen LogP) is -8.91. The van der Waals surface area contributed by atoms with Crippen molar-refractivity contribution in [2.75, 3.05) is 39.6 Å². The number of unbranched alkanes of at least 4 members (excludes halogenated alkanes) is 3. The molecule has 5 saturated heterocycles. The van der Waals surface area contributed by atoms with Crippen LogP contribution in [0.25, 0.3) is 0 Å². The molecule has 19 N–H and O–H groups in total. The van der Waals surface area contributed by atoms with Crippen molar-refractivity contribution in [1.82, 2.24) is 0 Å². The Bertz CT molecular complexity index is 1530. The molecule has 0 aliphatic carbocycles. The third-order valence-corrected chi connectivity index (χ3v) is 13.1. The summed E-state index contributed by atoms with van der Waals surface area (Å²) in [5, 5.41) is 160. The molecule has 0 bridgehead atoms. The normalized spacial score (nSPS) is 46.8. The lowest BCUT2D eigenvalue weighted by Crippen LogP contribution is -2.68. The first-order chi connectivity index (χ1) is 32.2. The largest absolute Gasteiger partial charge is 0.477 e. The van der Waals surface area contributed by atoms with Crippen LogP contribution in [-0.2, 0) is 52.2 Å². The van der Waals surface area contributed by atoms with Crippen LogP contribution >= 0.6 is 0 Å². The first-order valence-electron chi connectivity index (χ1n) is 22.7. The van der Waals surface area contributed by atoms with Crippen molar-refractivity contribution in [3.8, 4) is 0 Å². The number of carbonyl (C=O) groups is 1. The lowest BCUT2D eigenvalue weighted by molar-refractivity contribution is -0.384. The molecule has 68 heavy (non-hydrogen) atoms. The molecule has 28 heteroatoms. The molecular formula is C40H72N2O26. The summed E-state index contributed by atoms with van der Waals surface area (Å²) >= 11 is 0. The van der Waals surface area contributed by atoms with Crippen LogP contribution < -0.4 is 11.5 Å². The van der Waals surface area contributed by atoms with Gasteiger partial charge in [-0.15, -0.1) is 0 Å². The summed E-state index contributed by atoms with van der Waals surface area (Å²) in [4.78, 5) is 12.8. The van der Waals surface area contributed by atoms with E-state index in [9.17, 15) is 81.4 Å². The first-order valence-corrected chi connectivity index (χ1v) is 22.7. The van der Waals surface area contributed by atoms with Gasteiger partial charge in [-0.25, -0.2) is 4.79 Å². The fourth-order valence-electron chi connectivity index (χ4n) is 8.77. The molecule has 5 rings (SSSR count). The maximum atomic E-state index is 12.8. The molecule has 0 aromatic heterocycles. The van der Waals surface area contributed by atoms with Crippen LogP contribution in [0.4, 0.5) is 0 Å². The van der Waals surface area contributed by atoms with Crippen LogP contribution in [0.2, 0.25) is 0 Å². The lowest BCUT2D eigenvalue weighted by atomic mass is 9.89. The van der Waals surface area contributed by atoms with E-state index in [-0.39, 0.29) is 6.61 Å². The van der Waals surface area contributed by atoms with E-state index in [0.717, 1.165) is 19.3 Å². The Morgan fingerprint density at radius 1 is 0.647 bits per heavy atom. The minimum atomic E-state index is -2.87. The fraction of sp³-hybridized carbons (Fsp3) is 0.975. The van der Waals surface area contributed by atoms with E-state index in [4.69, 9.17) is 58.8 Å². The Morgan fingerprint density at radius 3 is 1.84 bits per heavy atom. The van der Waals surface area contributed by atoms with E-state index in [1.54, 1.807) is 0 Å². The molecule has 26 atom stereocenters. The summed E-state index contributed by atoms with van der Waals surface area (Å²) in [7, 11) is 0. The van der Waals surface area contributed by atoms with E-state index >= 15 is 0 Å². The highest BCUT2D eigenvalue weighted by Crippen LogP contribution is 2.39. The third-order valence-electron chi connectivity index (χ3n) is 13.1. The van der Waals surface area contributed by atoms with Gasteiger partial charge in [0.1, 0.15) is 97.7 Å². The molecule has 398 valence electrons. The topological polar surface area (TPSA) is 465 Å². The number of rotatable bonds is 22. The maximum Gasteiger partial charge on any atom is 0.364 e. The molecule has 5 fully saturated rings. The average molecular weight is 997 g/mol. The van der Waals surface area contributed by atoms with Crippen molar-refractivity contribution in [2.24, 2.45) is 17.4 Å². The summed E-state index contributed by atoms with van der Waals surface area (Å²) in [6.07, 6.45) is -35.9. The third kappa shape index (κ3) is 12.6. The SMILES string of the molecule is CCCCCCOC1OC(CO)[C@H](O)[C@H](OC2OC(CO[C@]3(C(=O)O)C[C@@H](O)[C@@H](N)C([C@H](O)[C@H](O)CO)O3)[C@@H](O)[C@H](O[C@@H]3OC(CO)[C@H](O[C@@H]4OC(CO)[C@H](O)C(O)[C@@H]4N)[C@H](O)C3O)[C@@H]2C)[C@@H]1O. The Morgan fingerprint density at radius 2 is 1.22 bits per heavy atom. The second kappa shape index (κ2) is 25.4. The summed E-state index contributed by atoms with van der Waals surface area (Å²) in [6, 6.07) is -2.97. The van der Waals surface area contributed by atoms with Crippen LogP contribution in [-0.4, -0.2) is 275 Å². The number of hydrogen-bond acceptors (Lipinski definition) is 27. The zero-order valence-electron chi connectivity index (χ0n) is 37.6. The van der Waals surface area contributed by atoms with E-state index in [2.05, 4.69) is 0 Å². The molecule has 9 unspecified atom stereocenters. The van der Waals surface area contributed by atoms with Crippen molar-refractivity contribution < 1.29 is 129 Å². The number of aliphatic hydroxyl groups is 14. The van der Waals surface area contributed by atoms with Gasteiger partial charge in [0.15, 0.2) is 25.2 Å². The minimum absolute atomic E-state index is 0.120. The molecule has 5 aliphatic rings. The van der Waals surface area contributed by atoms with Gasteiger partial charge in [0.2, 0.25) is 0 Å². The second-order valence-corrected chi connectivity index (χ2v) is 17.9. The van der Waals surface area contributed by atoms with Crippen LogP contribution in [0.1, 0.15) is 46.0 Å². The smallest absolute Gasteiger partial charge is 0.364 e. The van der Waals surface area contributed by atoms with Gasteiger partial charge in [-0.2, -0.15) is 0 Å². The highest BCUT2D eigenvalue weighted by molar-refractivity contribution is 5.76. The van der Waals surface area contributed by atoms with E-state index < -0.39 is 204 Å². The number of carboxylic acid groups (broad SMARTS) is 1. The Kier molecular flexibility index (Phi) is 21.4. The molecule has 0 radical (unpaired) electrons. The number of ether oxygens (including phenoxy) is 10. The van der Waals surface area contributed by atoms with E-state index in [1.807, 2.05) is 6.92 Å². The van der Waals surface area contributed by atoms with Crippen molar-refractivity contribution in [3.63, 3.8) is 0 Å². The highest BCUT2D eigenvalue weighted by atomic mass is 16.8. The Labute approximate surface area is 390 Å².